The molecule has 0 bridgehead atoms. The zero-order valence-corrected chi connectivity index (χ0v) is 8.76. The van der Waals surface area contributed by atoms with Crippen molar-refractivity contribution in [2.45, 2.75) is 44.6 Å². The normalized spacial score (nSPS) is 29.1. The van der Waals surface area contributed by atoms with E-state index in [0.29, 0.717) is 5.54 Å². The lowest BCUT2D eigenvalue weighted by Crippen LogP contribution is -2.61. The third kappa shape index (κ3) is 1.50. The van der Waals surface area contributed by atoms with Crippen molar-refractivity contribution in [1.29, 1.82) is 0 Å². The maximum absolute atomic E-state index is 5.92. The van der Waals surface area contributed by atoms with E-state index in [9.17, 15) is 0 Å². The first-order valence-electron chi connectivity index (χ1n) is 5.76. The number of hydrogen-bond acceptors (Lipinski definition) is 2. The molecule has 1 aliphatic carbocycles. The Morgan fingerprint density at radius 2 is 1.92 bits per heavy atom. The average Bonchev–Trinajstić information content (AvgIpc) is 2.52. The molecular weight excluding hydrogens is 160 g/mol. The molecule has 0 unspecified atom stereocenters. The highest BCUT2D eigenvalue weighted by Crippen LogP contribution is 2.39. The molecule has 2 rings (SSSR count). The quantitative estimate of drug-likeness (QED) is 0.718. The van der Waals surface area contributed by atoms with Gasteiger partial charge < -0.3 is 5.73 Å². The van der Waals surface area contributed by atoms with Crippen molar-refractivity contribution in [2.75, 3.05) is 19.6 Å². The molecule has 2 N–H and O–H groups in total. The van der Waals surface area contributed by atoms with Gasteiger partial charge in [-0.2, -0.15) is 0 Å². The van der Waals surface area contributed by atoms with Crippen molar-refractivity contribution in [3.63, 3.8) is 0 Å². The first kappa shape index (κ1) is 9.47. The number of likely N-dealkylation sites (tertiary alicyclic amines) is 1. The van der Waals surface area contributed by atoms with Crippen LogP contribution in [0.1, 0.15) is 39.0 Å². The van der Waals surface area contributed by atoms with Crippen LogP contribution in [0.4, 0.5) is 0 Å². The maximum Gasteiger partial charge on any atom is 0.0332 e. The highest BCUT2D eigenvalue weighted by molar-refractivity contribution is 5.00. The molecule has 0 radical (unpaired) electrons. The van der Waals surface area contributed by atoms with Gasteiger partial charge in [-0.25, -0.2) is 0 Å². The second-order valence-corrected chi connectivity index (χ2v) is 4.81. The van der Waals surface area contributed by atoms with Gasteiger partial charge in [0.2, 0.25) is 0 Å². The van der Waals surface area contributed by atoms with E-state index in [-0.39, 0.29) is 0 Å². The van der Waals surface area contributed by atoms with Crippen LogP contribution in [0.15, 0.2) is 0 Å². The van der Waals surface area contributed by atoms with Gasteiger partial charge in [0.05, 0.1) is 0 Å². The van der Waals surface area contributed by atoms with E-state index >= 15 is 0 Å². The van der Waals surface area contributed by atoms with Crippen LogP contribution >= 0.6 is 0 Å². The molecule has 13 heavy (non-hydrogen) atoms. The second-order valence-electron chi connectivity index (χ2n) is 4.81. The molecular formula is C11H22N2. The van der Waals surface area contributed by atoms with Crippen molar-refractivity contribution in [2.24, 2.45) is 11.7 Å². The average molecular weight is 182 g/mol. The lowest BCUT2D eigenvalue weighted by molar-refractivity contribution is -0.00963. The molecule has 2 nitrogen and oxygen atoms in total. The van der Waals surface area contributed by atoms with Gasteiger partial charge in [-0.3, -0.25) is 4.90 Å². The Balaban J connectivity index is 1.91. The molecule has 1 heterocycles. The van der Waals surface area contributed by atoms with Crippen molar-refractivity contribution < 1.29 is 0 Å². The molecule has 0 aromatic heterocycles. The minimum absolute atomic E-state index is 0.422. The summed E-state index contributed by atoms with van der Waals surface area (Å²) in [6, 6.07) is 0. The fourth-order valence-corrected chi connectivity index (χ4v) is 2.90. The van der Waals surface area contributed by atoms with Crippen LogP contribution < -0.4 is 5.73 Å². The predicted molar refractivity (Wildman–Crippen MR) is 55.6 cm³/mol. The Morgan fingerprint density at radius 1 is 1.31 bits per heavy atom. The Bertz CT molecular complexity index is 167. The largest absolute Gasteiger partial charge is 0.329 e. The van der Waals surface area contributed by atoms with E-state index in [1.54, 1.807) is 0 Å². The van der Waals surface area contributed by atoms with Crippen LogP contribution in [0.3, 0.4) is 0 Å². The van der Waals surface area contributed by atoms with Gasteiger partial charge in [0.15, 0.2) is 0 Å². The lowest BCUT2D eigenvalue weighted by atomic mass is 9.86. The van der Waals surface area contributed by atoms with Crippen molar-refractivity contribution >= 4 is 0 Å². The summed E-state index contributed by atoms with van der Waals surface area (Å²) >= 11 is 0. The zero-order chi connectivity index (χ0) is 9.31. The van der Waals surface area contributed by atoms with Gasteiger partial charge in [-0.15, -0.1) is 0 Å². The fraction of sp³-hybridized carbons (Fsp3) is 1.00. The topological polar surface area (TPSA) is 29.3 Å². The molecule has 1 aliphatic heterocycles. The summed E-state index contributed by atoms with van der Waals surface area (Å²) in [6.45, 7) is 5.80. The maximum atomic E-state index is 5.92. The van der Waals surface area contributed by atoms with Gasteiger partial charge in [-0.05, 0) is 18.8 Å². The summed E-state index contributed by atoms with van der Waals surface area (Å²) < 4.78 is 0. The first-order chi connectivity index (χ1) is 6.30. The second kappa shape index (κ2) is 3.58. The molecule has 0 amide bonds. The Labute approximate surface area is 81.5 Å². The third-order valence-electron chi connectivity index (χ3n) is 4.12. The highest BCUT2D eigenvalue weighted by Gasteiger charge is 2.43. The molecule has 1 saturated carbocycles. The Morgan fingerprint density at radius 3 is 2.38 bits per heavy atom. The van der Waals surface area contributed by atoms with Gasteiger partial charge in [0.25, 0.3) is 0 Å². The van der Waals surface area contributed by atoms with Crippen LogP contribution in [0.2, 0.25) is 0 Å². The van der Waals surface area contributed by atoms with E-state index in [0.717, 1.165) is 12.5 Å². The molecule has 0 aromatic rings. The number of hydrogen-bond donors (Lipinski definition) is 1. The predicted octanol–water partition coefficient (Wildman–Crippen LogP) is 1.60. The molecule has 2 heteroatoms. The van der Waals surface area contributed by atoms with Crippen LogP contribution in [-0.4, -0.2) is 30.1 Å². The zero-order valence-electron chi connectivity index (χ0n) is 8.76. The summed E-state index contributed by atoms with van der Waals surface area (Å²) in [5.41, 5.74) is 6.35. The van der Waals surface area contributed by atoms with E-state index in [4.69, 9.17) is 5.73 Å². The summed E-state index contributed by atoms with van der Waals surface area (Å²) in [6.07, 6.45) is 6.83. The minimum atomic E-state index is 0.422. The molecule has 2 aliphatic rings. The van der Waals surface area contributed by atoms with E-state index in [1.165, 1.54) is 45.2 Å². The summed E-state index contributed by atoms with van der Waals surface area (Å²) in [7, 11) is 0. The number of nitrogens with zero attached hydrogens (tertiary/aromatic N) is 1. The lowest BCUT2D eigenvalue weighted by Gasteiger charge is -2.50. The SMILES string of the molecule is CCC1CN(C2(CN)CCCC2)C1. The van der Waals surface area contributed by atoms with E-state index in [1.807, 2.05) is 0 Å². The van der Waals surface area contributed by atoms with Crippen molar-refractivity contribution in [3.05, 3.63) is 0 Å². The first-order valence-corrected chi connectivity index (χ1v) is 5.76. The smallest absolute Gasteiger partial charge is 0.0332 e. The monoisotopic (exact) mass is 182 g/mol. The van der Waals surface area contributed by atoms with E-state index < -0.39 is 0 Å². The summed E-state index contributed by atoms with van der Waals surface area (Å²) in [4.78, 5) is 2.65. The molecule has 76 valence electrons. The van der Waals surface area contributed by atoms with E-state index in [2.05, 4.69) is 11.8 Å². The van der Waals surface area contributed by atoms with Crippen LogP contribution in [0.5, 0.6) is 0 Å². The Hall–Kier alpha value is -0.0800. The van der Waals surface area contributed by atoms with Gasteiger partial charge in [-0.1, -0.05) is 26.2 Å². The molecule has 2 fully saturated rings. The van der Waals surface area contributed by atoms with Gasteiger partial charge in [0.1, 0.15) is 0 Å². The van der Waals surface area contributed by atoms with Crippen LogP contribution in [0, 0.1) is 5.92 Å². The fourth-order valence-electron chi connectivity index (χ4n) is 2.90. The van der Waals surface area contributed by atoms with Crippen molar-refractivity contribution in [3.8, 4) is 0 Å². The Kier molecular flexibility index (Phi) is 2.61. The van der Waals surface area contributed by atoms with Crippen LogP contribution in [-0.2, 0) is 0 Å². The molecule has 0 spiro atoms. The van der Waals surface area contributed by atoms with Crippen molar-refractivity contribution in [1.82, 2.24) is 4.90 Å². The van der Waals surface area contributed by atoms with Gasteiger partial charge >= 0.3 is 0 Å². The number of nitrogens with two attached hydrogens (primary N) is 1. The molecule has 0 aromatic carbocycles. The summed E-state index contributed by atoms with van der Waals surface area (Å²) in [5, 5.41) is 0. The number of rotatable bonds is 3. The third-order valence-corrected chi connectivity index (χ3v) is 4.12. The van der Waals surface area contributed by atoms with Crippen LogP contribution in [0.25, 0.3) is 0 Å². The molecule has 0 atom stereocenters. The highest BCUT2D eigenvalue weighted by atomic mass is 15.3. The molecule has 1 saturated heterocycles. The standard InChI is InChI=1S/C11H22N2/c1-2-10-7-13(8-10)11(9-12)5-3-4-6-11/h10H,2-9,12H2,1H3. The van der Waals surface area contributed by atoms with Gasteiger partial charge in [0, 0.05) is 25.2 Å². The summed E-state index contributed by atoms with van der Waals surface area (Å²) in [5.74, 6) is 0.962. The minimum Gasteiger partial charge on any atom is -0.329 e.